The van der Waals surface area contributed by atoms with Crippen molar-refractivity contribution in [3.63, 3.8) is 0 Å². The van der Waals surface area contributed by atoms with E-state index < -0.39 is 23.5 Å². The zero-order valence-electron chi connectivity index (χ0n) is 9.56. The highest BCUT2D eigenvalue weighted by molar-refractivity contribution is 5.83. The van der Waals surface area contributed by atoms with Gasteiger partial charge in [0.15, 0.2) is 0 Å². The van der Waals surface area contributed by atoms with Crippen molar-refractivity contribution in [1.29, 1.82) is 0 Å². The summed E-state index contributed by atoms with van der Waals surface area (Å²) in [6, 6.07) is 7.28. The minimum atomic E-state index is -1.09. The van der Waals surface area contributed by atoms with Crippen LogP contribution >= 0.6 is 0 Å². The minimum absolute atomic E-state index is 0.102. The summed E-state index contributed by atoms with van der Waals surface area (Å²) < 4.78 is 31.7. The van der Waals surface area contributed by atoms with Crippen molar-refractivity contribution in [2.24, 2.45) is 0 Å². The van der Waals surface area contributed by atoms with Crippen molar-refractivity contribution >= 4 is 5.97 Å². The molecule has 0 bridgehead atoms. The Hall–Kier alpha value is -2.43. The van der Waals surface area contributed by atoms with Crippen LogP contribution in [0.15, 0.2) is 36.4 Å². The van der Waals surface area contributed by atoms with Gasteiger partial charge < -0.3 is 9.84 Å². The molecule has 2 aromatic carbocycles. The summed E-state index contributed by atoms with van der Waals surface area (Å²) in [5.74, 6) is -2.95. The SMILES string of the molecule is O=C(O)C1c2ccc(F)cc2Oc2cc(F)ccc21. The van der Waals surface area contributed by atoms with E-state index >= 15 is 0 Å². The number of carbonyl (C=O) groups is 1. The lowest BCUT2D eigenvalue weighted by Gasteiger charge is -2.25. The molecule has 0 aliphatic carbocycles. The molecule has 1 aliphatic heterocycles. The van der Waals surface area contributed by atoms with E-state index in [1.807, 2.05) is 0 Å². The predicted molar refractivity (Wildman–Crippen MR) is 62.4 cm³/mol. The average molecular weight is 262 g/mol. The van der Waals surface area contributed by atoms with Crippen LogP contribution in [0.3, 0.4) is 0 Å². The van der Waals surface area contributed by atoms with Crippen molar-refractivity contribution in [2.75, 3.05) is 0 Å². The number of carboxylic acid groups (broad SMARTS) is 1. The second-order valence-electron chi connectivity index (χ2n) is 4.24. The van der Waals surface area contributed by atoms with Gasteiger partial charge in [-0.05, 0) is 12.1 Å². The third kappa shape index (κ3) is 1.83. The lowest BCUT2D eigenvalue weighted by atomic mass is 9.88. The summed E-state index contributed by atoms with van der Waals surface area (Å²) in [6.07, 6.45) is 0. The second kappa shape index (κ2) is 4.05. The Morgan fingerprint density at radius 3 is 1.89 bits per heavy atom. The average Bonchev–Trinajstić information content (AvgIpc) is 2.35. The van der Waals surface area contributed by atoms with Crippen LogP contribution < -0.4 is 4.74 Å². The summed E-state index contributed by atoms with van der Waals surface area (Å²) in [7, 11) is 0. The third-order valence-corrected chi connectivity index (χ3v) is 3.04. The monoisotopic (exact) mass is 262 g/mol. The van der Waals surface area contributed by atoms with Crippen LogP contribution in [0.5, 0.6) is 11.5 Å². The molecule has 0 radical (unpaired) electrons. The lowest BCUT2D eigenvalue weighted by Crippen LogP contribution is -2.18. The Balaban J connectivity index is 2.23. The summed E-state index contributed by atoms with van der Waals surface area (Å²) >= 11 is 0. The number of fused-ring (bicyclic) bond motifs is 2. The molecule has 0 unspecified atom stereocenters. The summed E-state index contributed by atoms with van der Waals surface area (Å²) in [5, 5.41) is 9.33. The molecule has 2 aromatic rings. The fourth-order valence-corrected chi connectivity index (χ4v) is 2.22. The first-order valence-corrected chi connectivity index (χ1v) is 5.56. The maximum absolute atomic E-state index is 13.2. The predicted octanol–water partition coefficient (Wildman–Crippen LogP) is 3.29. The smallest absolute Gasteiger partial charge is 0.315 e. The van der Waals surface area contributed by atoms with Gasteiger partial charge in [-0.1, -0.05) is 12.1 Å². The van der Waals surface area contributed by atoms with E-state index in [1.165, 1.54) is 24.3 Å². The lowest BCUT2D eigenvalue weighted by molar-refractivity contribution is -0.137. The molecule has 0 amide bonds. The highest BCUT2D eigenvalue weighted by Gasteiger charge is 2.33. The second-order valence-corrected chi connectivity index (χ2v) is 4.24. The van der Waals surface area contributed by atoms with Gasteiger partial charge in [0.05, 0.1) is 0 Å². The van der Waals surface area contributed by atoms with E-state index in [4.69, 9.17) is 4.74 Å². The number of benzene rings is 2. The van der Waals surface area contributed by atoms with E-state index in [9.17, 15) is 18.7 Å². The van der Waals surface area contributed by atoms with Gasteiger partial charge in [-0.3, -0.25) is 4.79 Å². The van der Waals surface area contributed by atoms with Crippen LogP contribution in [0.1, 0.15) is 17.0 Å². The van der Waals surface area contributed by atoms with Crippen LogP contribution in [0.2, 0.25) is 0 Å². The van der Waals surface area contributed by atoms with E-state index in [-0.39, 0.29) is 11.5 Å². The summed E-state index contributed by atoms with van der Waals surface area (Å²) in [6.45, 7) is 0. The normalized spacial score (nSPS) is 13.4. The number of rotatable bonds is 1. The third-order valence-electron chi connectivity index (χ3n) is 3.04. The Labute approximate surface area is 107 Å². The van der Waals surface area contributed by atoms with E-state index in [1.54, 1.807) is 0 Å². The molecule has 0 spiro atoms. The molecule has 3 nitrogen and oxygen atoms in total. The molecule has 1 N–H and O–H groups in total. The molecule has 1 heterocycles. The molecule has 0 saturated heterocycles. The first-order chi connectivity index (χ1) is 9.06. The Bertz CT molecular complexity index is 631. The van der Waals surface area contributed by atoms with Gasteiger partial charge in [0.25, 0.3) is 0 Å². The Kier molecular flexibility index (Phi) is 2.48. The quantitative estimate of drug-likeness (QED) is 0.857. The maximum atomic E-state index is 13.2. The van der Waals surface area contributed by atoms with E-state index in [0.717, 1.165) is 12.1 Å². The molecule has 0 fully saturated rings. The number of hydrogen-bond acceptors (Lipinski definition) is 2. The van der Waals surface area contributed by atoms with E-state index in [2.05, 4.69) is 0 Å². The topological polar surface area (TPSA) is 46.5 Å². The van der Waals surface area contributed by atoms with E-state index in [0.29, 0.717) is 11.1 Å². The number of ether oxygens (including phenoxy) is 1. The summed E-state index contributed by atoms with van der Waals surface area (Å²) in [5.41, 5.74) is 0.709. The van der Waals surface area contributed by atoms with Gasteiger partial charge in [-0.15, -0.1) is 0 Å². The molecule has 96 valence electrons. The molecular formula is C14H8F2O3. The van der Waals surface area contributed by atoms with Crippen molar-refractivity contribution < 1.29 is 23.4 Å². The summed E-state index contributed by atoms with van der Waals surface area (Å²) in [4.78, 5) is 11.4. The molecule has 0 aromatic heterocycles. The first-order valence-electron chi connectivity index (χ1n) is 5.56. The zero-order chi connectivity index (χ0) is 13.6. The Morgan fingerprint density at radius 1 is 1.00 bits per heavy atom. The fourth-order valence-electron chi connectivity index (χ4n) is 2.22. The van der Waals surface area contributed by atoms with Crippen LogP contribution in [-0.2, 0) is 4.79 Å². The van der Waals surface area contributed by atoms with Crippen LogP contribution in [0.4, 0.5) is 8.78 Å². The molecule has 0 atom stereocenters. The number of carboxylic acids is 1. The van der Waals surface area contributed by atoms with Gasteiger partial charge >= 0.3 is 5.97 Å². The van der Waals surface area contributed by atoms with Crippen LogP contribution in [-0.4, -0.2) is 11.1 Å². The molecule has 5 heteroatoms. The highest BCUT2D eigenvalue weighted by Crippen LogP contribution is 2.44. The number of hydrogen-bond donors (Lipinski definition) is 1. The van der Waals surface area contributed by atoms with Gasteiger partial charge in [0.2, 0.25) is 0 Å². The zero-order valence-corrected chi connectivity index (χ0v) is 9.56. The number of halogens is 2. The largest absolute Gasteiger partial charge is 0.481 e. The van der Waals surface area contributed by atoms with Crippen molar-refractivity contribution in [1.82, 2.24) is 0 Å². The fraction of sp³-hybridized carbons (Fsp3) is 0.0714. The molecule has 1 aliphatic rings. The van der Waals surface area contributed by atoms with Crippen LogP contribution in [0, 0.1) is 11.6 Å². The minimum Gasteiger partial charge on any atom is -0.481 e. The first kappa shape index (κ1) is 11.6. The van der Waals surface area contributed by atoms with Crippen molar-refractivity contribution in [3.05, 3.63) is 59.2 Å². The van der Waals surface area contributed by atoms with Gasteiger partial charge in [0, 0.05) is 23.3 Å². The molecule has 19 heavy (non-hydrogen) atoms. The van der Waals surface area contributed by atoms with Crippen molar-refractivity contribution in [2.45, 2.75) is 5.92 Å². The standard InChI is InChI=1S/C14H8F2O3/c15-7-1-3-9-11(5-7)19-12-6-8(16)2-4-10(12)13(9)14(17)18/h1-6,13H,(H,17,18). The van der Waals surface area contributed by atoms with Crippen LogP contribution in [0.25, 0.3) is 0 Å². The molecular weight excluding hydrogens is 254 g/mol. The van der Waals surface area contributed by atoms with Gasteiger partial charge in [-0.25, -0.2) is 8.78 Å². The molecule has 0 saturated carbocycles. The maximum Gasteiger partial charge on any atom is 0.315 e. The molecule has 3 rings (SSSR count). The van der Waals surface area contributed by atoms with Gasteiger partial charge in [-0.2, -0.15) is 0 Å². The number of aliphatic carboxylic acids is 1. The van der Waals surface area contributed by atoms with Crippen molar-refractivity contribution in [3.8, 4) is 11.5 Å². The highest BCUT2D eigenvalue weighted by atomic mass is 19.1. The Morgan fingerprint density at radius 2 is 1.47 bits per heavy atom. The van der Waals surface area contributed by atoms with Gasteiger partial charge in [0.1, 0.15) is 29.1 Å².